The van der Waals surface area contributed by atoms with E-state index < -0.39 is 0 Å². The van der Waals surface area contributed by atoms with Crippen LogP contribution in [-0.2, 0) is 28.8 Å². The van der Waals surface area contributed by atoms with Gasteiger partial charge in [-0.3, -0.25) is 0 Å². The van der Waals surface area contributed by atoms with E-state index in [0.717, 1.165) is 0 Å². The predicted molar refractivity (Wildman–Crippen MR) is 94.5 cm³/mol. The van der Waals surface area contributed by atoms with Gasteiger partial charge in [-0.2, -0.15) is 0 Å². The van der Waals surface area contributed by atoms with Gasteiger partial charge in [0.15, 0.2) is 0 Å². The predicted octanol–water partition coefficient (Wildman–Crippen LogP) is -3.11. The van der Waals surface area contributed by atoms with Gasteiger partial charge < -0.3 is 29.8 Å². The van der Waals surface area contributed by atoms with Crippen molar-refractivity contribution < 1.29 is 47.2 Å². The number of H-pyrrole nitrogens is 1. The fourth-order valence-corrected chi connectivity index (χ4v) is 7.63. The molecule has 1 nitrogen and oxygen atoms in total. The average molecular weight is 454 g/mol. The Labute approximate surface area is 170 Å². The standard InChI is InChI=1S/C13H9.C6H9N.2ClH.H3Si.Zr/c1-3-7-12-10(5-1)9-11-6-2-4-8-13(11)12;1-5-3-4-7-6(5)2;;;;/h1-5,7-8H,9H2;3-4,7H,1-2H3;2*1H;1H3;/q;;;;;+2/p-2. The van der Waals surface area contributed by atoms with E-state index in [1.807, 2.05) is 6.20 Å². The third kappa shape index (κ3) is 4.52. The minimum absolute atomic E-state index is 0. The molecule has 24 heavy (non-hydrogen) atoms. The Bertz CT molecular complexity index is 785. The van der Waals surface area contributed by atoms with Gasteiger partial charge in [-0.1, -0.05) is 0 Å². The molecule has 4 rings (SSSR count). The molecule has 1 heterocycles. The summed E-state index contributed by atoms with van der Waals surface area (Å²) in [6.45, 7) is 4.15. The van der Waals surface area contributed by atoms with Crippen molar-refractivity contribution in [2.45, 2.75) is 20.3 Å². The van der Waals surface area contributed by atoms with Crippen LogP contribution in [0.4, 0.5) is 0 Å². The molecule has 0 aliphatic heterocycles. The van der Waals surface area contributed by atoms with Crippen molar-refractivity contribution in [1.82, 2.24) is 4.98 Å². The number of rotatable bonds is 1. The van der Waals surface area contributed by atoms with Crippen LogP contribution in [0.25, 0.3) is 11.1 Å². The first-order chi connectivity index (χ1) is 10.7. The second-order valence-electron chi connectivity index (χ2n) is 5.70. The molecule has 0 atom stereocenters. The SMILES string of the molecule is Cc1cc[nH]c1C.[Cl-].[Cl-].[SiH3][Zr+2][c]1cccc2c1Cc1ccccc1-2. The first-order valence-corrected chi connectivity index (χ1v) is 17.3. The van der Waals surface area contributed by atoms with Crippen molar-refractivity contribution in [3.63, 3.8) is 0 Å². The molecule has 124 valence electrons. The van der Waals surface area contributed by atoms with Gasteiger partial charge >= 0.3 is 104 Å². The number of benzene rings is 2. The number of hydrogen-bond donors (Lipinski definition) is 1. The van der Waals surface area contributed by atoms with Crippen molar-refractivity contribution in [3.05, 3.63) is 77.1 Å². The topological polar surface area (TPSA) is 15.8 Å². The normalized spacial score (nSPS) is 10.2. The van der Waals surface area contributed by atoms with Crippen LogP contribution >= 0.6 is 0 Å². The first-order valence-electron chi connectivity index (χ1n) is 7.69. The summed E-state index contributed by atoms with van der Waals surface area (Å²) in [5.41, 5.74) is 8.76. The van der Waals surface area contributed by atoms with Gasteiger partial charge in [0.1, 0.15) is 0 Å². The monoisotopic (exact) mass is 451 g/mol. The molecule has 5 heteroatoms. The number of aromatic nitrogens is 1. The van der Waals surface area contributed by atoms with E-state index in [2.05, 4.69) is 67.4 Å². The molecular weight excluding hydrogens is 432 g/mol. The maximum atomic E-state index is 3.07. The molecule has 0 unspecified atom stereocenters. The second-order valence-corrected chi connectivity index (χ2v) is 11.2. The molecule has 0 fully saturated rings. The Hall–Kier alpha value is -0.600. The molecule has 0 saturated carbocycles. The van der Waals surface area contributed by atoms with Crippen LogP contribution in [-0.4, -0.2) is 12.4 Å². The van der Waals surface area contributed by atoms with E-state index in [9.17, 15) is 0 Å². The Morgan fingerprint density at radius 1 is 0.917 bits per heavy atom. The molecule has 0 bridgehead atoms. The van der Waals surface area contributed by atoms with E-state index in [4.69, 9.17) is 0 Å². The number of halogens is 2. The Morgan fingerprint density at radius 3 is 2.21 bits per heavy atom. The van der Waals surface area contributed by atoms with Gasteiger partial charge in [0.25, 0.3) is 0 Å². The second kappa shape index (κ2) is 9.77. The molecule has 1 aliphatic carbocycles. The van der Waals surface area contributed by atoms with Gasteiger partial charge in [0, 0.05) is 11.9 Å². The molecule has 1 N–H and O–H groups in total. The number of aromatic amines is 1. The van der Waals surface area contributed by atoms with Gasteiger partial charge in [-0.25, -0.2) is 0 Å². The van der Waals surface area contributed by atoms with Crippen LogP contribution in [0.3, 0.4) is 0 Å². The van der Waals surface area contributed by atoms with E-state index in [0.29, 0.717) is 0 Å². The van der Waals surface area contributed by atoms with Crippen molar-refractivity contribution >= 4 is 10.6 Å². The van der Waals surface area contributed by atoms with Gasteiger partial charge in [-0.05, 0) is 25.5 Å². The molecular formula is C19H21Cl2NSiZr. The average Bonchev–Trinajstić information content (AvgIpc) is 3.11. The summed E-state index contributed by atoms with van der Waals surface area (Å²) < 4.78 is 1.74. The van der Waals surface area contributed by atoms with Crippen molar-refractivity contribution in [2.24, 2.45) is 0 Å². The molecule has 0 amide bonds. The van der Waals surface area contributed by atoms with E-state index in [1.165, 1.54) is 41.7 Å². The van der Waals surface area contributed by atoms with Gasteiger partial charge in [-0.15, -0.1) is 0 Å². The fourth-order valence-electron chi connectivity index (χ4n) is 2.92. The van der Waals surface area contributed by atoms with E-state index in [-0.39, 0.29) is 47.2 Å². The Morgan fingerprint density at radius 2 is 1.62 bits per heavy atom. The maximum absolute atomic E-state index is 3.07. The van der Waals surface area contributed by atoms with Crippen LogP contribution < -0.4 is 28.1 Å². The van der Waals surface area contributed by atoms with Crippen LogP contribution in [0.5, 0.6) is 0 Å². The van der Waals surface area contributed by atoms with Crippen LogP contribution in [0.1, 0.15) is 22.4 Å². The van der Waals surface area contributed by atoms with Crippen molar-refractivity contribution in [2.75, 3.05) is 0 Å². The first kappa shape index (κ1) is 21.4. The fraction of sp³-hybridized carbons (Fsp3) is 0.158. The van der Waals surface area contributed by atoms with Gasteiger partial charge in [0.05, 0.1) is 0 Å². The number of fused-ring (bicyclic) bond motifs is 3. The zero-order chi connectivity index (χ0) is 15.5. The quantitative estimate of drug-likeness (QED) is 0.294. The Balaban J connectivity index is 0.000000276. The molecule has 0 spiro atoms. The van der Waals surface area contributed by atoms with Crippen molar-refractivity contribution in [1.29, 1.82) is 0 Å². The summed E-state index contributed by atoms with van der Waals surface area (Å²) in [6, 6.07) is 17.8. The van der Waals surface area contributed by atoms with Crippen molar-refractivity contribution in [3.8, 4) is 11.1 Å². The Kier molecular flexibility index (Phi) is 8.73. The zero-order valence-corrected chi connectivity index (χ0v) is 20.1. The van der Waals surface area contributed by atoms with Crippen LogP contribution in [0, 0.1) is 13.8 Å². The number of aryl methyl sites for hydroxylation is 2. The summed E-state index contributed by atoms with van der Waals surface area (Å²) in [6.07, 6.45) is 3.13. The third-order valence-corrected chi connectivity index (χ3v) is 10.0. The summed E-state index contributed by atoms with van der Waals surface area (Å²) >= 11 is -0.171. The molecule has 1 aliphatic rings. The molecule has 0 saturated heterocycles. The van der Waals surface area contributed by atoms with Gasteiger partial charge in [0.2, 0.25) is 0 Å². The zero-order valence-electron chi connectivity index (χ0n) is 14.2. The number of hydrogen-bond acceptors (Lipinski definition) is 0. The molecule has 3 aromatic rings. The minimum atomic E-state index is -0.171. The van der Waals surface area contributed by atoms with E-state index in [1.54, 1.807) is 8.83 Å². The van der Waals surface area contributed by atoms with Crippen LogP contribution in [0.2, 0.25) is 0 Å². The summed E-state index contributed by atoms with van der Waals surface area (Å²) in [5, 5.41) is 0. The van der Waals surface area contributed by atoms with Crippen LogP contribution in [0.15, 0.2) is 54.7 Å². The molecule has 0 radical (unpaired) electrons. The summed E-state index contributed by atoms with van der Waals surface area (Å²) in [4.78, 5) is 3.07. The summed E-state index contributed by atoms with van der Waals surface area (Å²) in [7, 11) is 1.43. The van der Waals surface area contributed by atoms with E-state index >= 15 is 0 Å². The number of nitrogens with one attached hydrogen (secondary N) is 1. The summed E-state index contributed by atoms with van der Waals surface area (Å²) in [5.74, 6) is 0. The third-order valence-electron chi connectivity index (χ3n) is 4.34. The molecule has 1 aromatic heterocycles. The molecule has 2 aromatic carbocycles.